The van der Waals surface area contributed by atoms with E-state index in [0.29, 0.717) is 18.6 Å². The lowest BCUT2D eigenvalue weighted by Gasteiger charge is -2.21. The molecule has 1 aliphatic rings. The summed E-state index contributed by atoms with van der Waals surface area (Å²) in [7, 11) is -4.07. The third-order valence-electron chi connectivity index (χ3n) is 6.02. The number of rotatable bonds is 7. The molecule has 2 aromatic carbocycles. The highest BCUT2D eigenvalue weighted by Crippen LogP contribution is 2.39. The molecular formula is C24H20F6N2O6S. The number of aromatic nitrogens is 1. The summed E-state index contributed by atoms with van der Waals surface area (Å²) in [6.45, 7) is 1.18. The first-order valence-corrected chi connectivity index (χ1v) is 12.7. The Morgan fingerprint density at radius 1 is 1.08 bits per heavy atom. The summed E-state index contributed by atoms with van der Waals surface area (Å²) < 4.78 is 117. The van der Waals surface area contributed by atoms with Gasteiger partial charge >= 0.3 is 18.3 Å². The summed E-state index contributed by atoms with van der Waals surface area (Å²) in [4.78, 5) is 15.2. The van der Waals surface area contributed by atoms with Crippen LogP contribution in [-0.4, -0.2) is 41.4 Å². The fourth-order valence-electron chi connectivity index (χ4n) is 4.03. The minimum atomic E-state index is -5.04. The third-order valence-corrected chi connectivity index (χ3v) is 7.94. The Balaban J connectivity index is 1.52. The zero-order chi connectivity index (χ0) is 28.8. The number of sulfonamides is 1. The molecule has 4 rings (SSSR count). The van der Waals surface area contributed by atoms with E-state index in [1.54, 1.807) is 0 Å². The molecule has 1 aliphatic heterocycles. The Morgan fingerprint density at radius 2 is 1.67 bits per heavy atom. The van der Waals surface area contributed by atoms with Crippen molar-refractivity contribution in [2.24, 2.45) is 0 Å². The van der Waals surface area contributed by atoms with E-state index < -0.39 is 57.0 Å². The monoisotopic (exact) mass is 578 g/mol. The van der Waals surface area contributed by atoms with E-state index in [9.17, 15) is 44.7 Å². The highest BCUT2D eigenvalue weighted by molar-refractivity contribution is 7.89. The zero-order valence-electron chi connectivity index (χ0n) is 20.0. The number of ether oxygens (including phenoxy) is 1. The van der Waals surface area contributed by atoms with Gasteiger partial charge in [-0.15, -0.1) is 0 Å². The van der Waals surface area contributed by atoms with Gasteiger partial charge in [0.05, 0.1) is 16.0 Å². The number of carboxylic acids is 1. The molecule has 1 N–H and O–H groups in total. The minimum absolute atomic E-state index is 0.00126. The molecule has 0 bridgehead atoms. The predicted octanol–water partition coefficient (Wildman–Crippen LogP) is 5.50. The zero-order valence-corrected chi connectivity index (χ0v) is 20.8. The Kier molecular flexibility index (Phi) is 7.42. The lowest BCUT2D eigenvalue weighted by atomic mass is 10.0. The van der Waals surface area contributed by atoms with Gasteiger partial charge in [0.2, 0.25) is 15.9 Å². The van der Waals surface area contributed by atoms with Gasteiger partial charge in [0.25, 0.3) is 0 Å². The summed E-state index contributed by atoms with van der Waals surface area (Å²) in [5.41, 5.74) is -3.46. The van der Waals surface area contributed by atoms with Crippen molar-refractivity contribution in [3.8, 4) is 17.2 Å². The van der Waals surface area contributed by atoms with E-state index >= 15 is 0 Å². The Hall–Kier alpha value is -3.59. The summed E-state index contributed by atoms with van der Waals surface area (Å²) in [5.74, 6) is -1.45. The van der Waals surface area contributed by atoms with Crippen molar-refractivity contribution in [3.63, 3.8) is 0 Å². The predicted molar refractivity (Wildman–Crippen MR) is 122 cm³/mol. The van der Waals surface area contributed by atoms with Gasteiger partial charge in [-0.05, 0) is 62.2 Å². The van der Waals surface area contributed by atoms with Crippen molar-refractivity contribution in [2.75, 3.05) is 6.54 Å². The normalized spacial score (nSPS) is 16.9. The molecule has 1 saturated heterocycles. The van der Waals surface area contributed by atoms with Gasteiger partial charge in [-0.3, -0.25) is 4.79 Å². The molecule has 3 aromatic rings. The number of nitrogens with zero attached hydrogens (tertiary/aromatic N) is 2. The Labute approximate surface area is 217 Å². The first-order chi connectivity index (χ1) is 18.1. The van der Waals surface area contributed by atoms with Crippen LogP contribution in [0.5, 0.6) is 5.75 Å². The number of halogens is 6. The summed E-state index contributed by atoms with van der Waals surface area (Å²) in [6.07, 6.45) is -9.46. The van der Waals surface area contributed by atoms with Crippen molar-refractivity contribution in [1.82, 2.24) is 9.29 Å². The van der Waals surface area contributed by atoms with Crippen LogP contribution in [0.25, 0.3) is 11.5 Å². The highest BCUT2D eigenvalue weighted by Gasteiger charge is 2.40. The molecule has 0 amide bonds. The molecule has 8 nitrogen and oxygen atoms in total. The van der Waals surface area contributed by atoms with Crippen LogP contribution in [-0.2, 0) is 33.8 Å². The van der Waals surface area contributed by atoms with Crippen LogP contribution in [0.4, 0.5) is 26.3 Å². The number of hydrogen-bond donors (Lipinski definition) is 1. The second-order valence-electron chi connectivity index (χ2n) is 8.69. The fraction of sp³-hybridized carbons (Fsp3) is 0.333. The van der Waals surface area contributed by atoms with Crippen LogP contribution < -0.4 is 4.74 Å². The number of benzene rings is 2. The summed E-state index contributed by atoms with van der Waals surface area (Å²) in [6, 6.07) is 4.93. The average Bonchev–Trinajstić information content (AvgIpc) is 3.49. The van der Waals surface area contributed by atoms with E-state index in [1.165, 1.54) is 31.2 Å². The molecule has 0 aliphatic carbocycles. The molecule has 0 spiro atoms. The van der Waals surface area contributed by atoms with Gasteiger partial charge < -0.3 is 14.3 Å². The molecule has 2 heterocycles. The molecule has 1 fully saturated rings. The maximum atomic E-state index is 13.2. The summed E-state index contributed by atoms with van der Waals surface area (Å²) in [5, 5.41) is 9.27. The largest absolute Gasteiger partial charge is 0.487 e. The first-order valence-electron chi connectivity index (χ1n) is 11.3. The van der Waals surface area contributed by atoms with E-state index in [2.05, 4.69) is 4.98 Å². The molecule has 1 atom stereocenters. The number of carboxylic acid groups (broad SMARTS) is 1. The van der Waals surface area contributed by atoms with Gasteiger partial charge in [0, 0.05) is 12.1 Å². The highest BCUT2D eigenvalue weighted by atomic mass is 32.2. The number of alkyl halides is 6. The number of carbonyl (C=O) groups is 1. The first kappa shape index (κ1) is 28.4. The SMILES string of the molecule is Cc1oc(-c2cc(C(F)(F)F)cc(C(F)(F)F)c2)nc1COc1ccc(S(=O)(=O)N2CCCC2C(=O)O)cc1. The Bertz CT molecular complexity index is 1450. The van der Waals surface area contributed by atoms with Crippen molar-refractivity contribution < 1.29 is 53.8 Å². The molecule has 210 valence electrons. The molecule has 0 saturated carbocycles. The number of oxazole rings is 1. The lowest BCUT2D eigenvalue weighted by Crippen LogP contribution is -2.40. The van der Waals surface area contributed by atoms with Gasteiger partial charge in [-0.2, -0.15) is 30.6 Å². The van der Waals surface area contributed by atoms with Crippen molar-refractivity contribution >= 4 is 16.0 Å². The van der Waals surface area contributed by atoms with Crippen LogP contribution in [0.3, 0.4) is 0 Å². The Morgan fingerprint density at radius 3 is 2.21 bits per heavy atom. The van der Waals surface area contributed by atoms with Gasteiger partial charge in [-0.25, -0.2) is 13.4 Å². The fourth-order valence-corrected chi connectivity index (χ4v) is 5.68. The van der Waals surface area contributed by atoms with Crippen LogP contribution >= 0.6 is 0 Å². The number of hydrogen-bond acceptors (Lipinski definition) is 6. The van der Waals surface area contributed by atoms with Crippen molar-refractivity contribution in [2.45, 2.75) is 49.7 Å². The lowest BCUT2D eigenvalue weighted by molar-refractivity contribution is -0.143. The van der Waals surface area contributed by atoms with Gasteiger partial charge in [0.1, 0.15) is 29.9 Å². The standard InChI is InChI=1S/C24H20F6N2O6S/c1-13-19(31-21(38-13)14-9-15(23(25,26)27)11-16(10-14)24(28,29)30)12-37-17-4-6-18(7-5-17)39(35,36)32-8-2-3-20(32)22(33)34/h4-7,9-11,20H,2-3,8,12H2,1H3,(H,33,34). The molecule has 1 aromatic heterocycles. The van der Waals surface area contributed by atoms with E-state index in [1.807, 2.05) is 0 Å². The summed E-state index contributed by atoms with van der Waals surface area (Å²) >= 11 is 0. The number of aryl methyl sites for hydroxylation is 1. The second kappa shape index (κ2) is 10.2. The third kappa shape index (κ3) is 6.03. The van der Waals surface area contributed by atoms with Crippen molar-refractivity contribution in [1.29, 1.82) is 0 Å². The molecule has 0 radical (unpaired) electrons. The molecule has 39 heavy (non-hydrogen) atoms. The van der Waals surface area contributed by atoms with Crippen LogP contribution in [0, 0.1) is 6.92 Å². The topological polar surface area (TPSA) is 110 Å². The van der Waals surface area contributed by atoms with Crippen LogP contribution in [0.2, 0.25) is 0 Å². The van der Waals surface area contributed by atoms with Crippen LogP contribution in [0.15, 0.2) is 51.8 Å². The van der Waals surface area contributed by atoms with Gasteiger partial charge in [0.15, 0.2) is 0 Å². The van der Waals surface area contributed by atoms with Crippen molar-refractivity contribution in [3.05, 3.63) is 65.0 Å². The maximum Gasteiger partial charge on any atom is 0.416 e. The van der Waals surface area contributed by atoms with Gasteiger partial charge in [-0.1, -0.05) is 0 Å². The number of aliphatic carboxylic acids is 1. The van der Waals surface area contributed by atoms with E-state index in [4.69, 9.17) is 9.15 Å². The molecular weight excluding hydrogens is 558 g/mol. The minimum Gasteiger partial charge on any atom is -0.487 e. The van der Waals surface area contributed by atoms with Crippen LogP contribution in [0.1, 0.15) is 35.4 Å². The smallest absolute Gasteiger partial charge is 0.416 e. The quantitative estimate of drug-likeness (QED) is 0.369. The molecule has 15 heteroatoms. The average molecular weight is 578 g/mol. The maximum absolute atomic E-state index is 13.2. The molecule has 1 unspecified atom stereocenters. The van der Waals surface area contributed by atoms with E-state index in [0.717, 1.165) is 4.31 Å². The second-order valence-corrected chi connectivity index (χ2v) is 10.6. The van der Waals surface area contributed by atoms with E-state index in [-0.39, 0.29) is 47.7 Å².